The molecule has 132 valence electrons. The van der Waals surface area contributed by atoms with Crippen LogP contribution in [0.15, 0.2) is 37.5 Å². The monoisotopic (exact) mass is 340 g/mol. The van der Waals surface area contributed by atoms with Crippen LogP contribution in [0, 0.1) is 0 Å². The molecule has 0 bridgehead atoms. The summed E-state index contributed by atoms with van der Waals surface area (Å²) < 4.78 is 19.1. The lowest BCUT2D eigenvalue weighted by Crippen LogP contribution is -2.22. The molecule has 0 rings (SSSR count). The number of hydrogen-bond donors (Lipinski definition) is 0. The van der Waals surface area contributed by atoms with E-state index in [2.05, 4.69) is 22.6 Å². The number of ether oxygens (including phenoxy) is 4. The standard InChI is InChI=1S/C16H20O8/c1-5-13(17)21-9-11(3)23-15(19)7-8-16(20)24-12(4)10-22-14(18)6-2/h5-8,11-12H,1-2,9-10H2,3-4H3/b8-7-. The van der Waals surface area contributed by atoms with Crippen LogP contribution in [0.1, 0.15) is 13.8 Å². The molecule has 0 radical (unpaired) electrons. The van der Waals surface area contributed by atoms with E-state index in [0.29, 0.717) is 0 Å². The molecule has 0 saturated heterocycles. The van der Waals surface area contributed by atoms with Crippen LogP contribution >= 0.6 is 0 Å². The van der Waals surface area contributed by atoms with Crippen molar-refractivity contribution < 1.29 is 38.1 Å². The van der Waals surface area contributed by atoms with E-state index in [-0.39, 0.29) is 13.2 Å². The molecule has 0 N–H and O–H groups in total. The summed E-state index contributed by atoms with van der Waals surface area (Å²) in [5.41, 5.74) is 0. The van der Waals surface area contributed by atoms with Gasteiger partial charge in [0.25, 0.3) is 0 Å². The highest BCUT2D eigenvalue weighted by molar-refractivity contribution is 5.91. The Kier molecular flexibility index (Phi) is 10.2. The maximum absolute atomic E-state index is 11.5. The minimum atomic E-state index is -0.806. The van der Waals surface area contributed by atoms with E-state index in [9.17, 15) is 19.2 Å². The van der Waals surface area contributed by atoms with Gasteiger partial charge in [-0.15, -0.1) is 0 Å². The summed E-state index contributed by atoms with van der Waals surface area (Å²) in [6, 6.07) is 0. The van der Waals surface area contributed by atoms with Crippen molar-refractivity contribution in [3.05, 3.63) is 37.5 Å². The highest BCUT2D eigenvalue weighted by Crippen LogP contribution is 1.98. The van der Waals surface area contributed by atoms with Gasteiger partial charge in [0.15, 0.2) is 0 Å². The third-order valence-corrected chi connectivity index (χ3v) is 2.24. The summed E-state index contributed by atoms with van der Waals surface area (Å²) in [7, 11) is 0. The molecular formula is C16H20O8. The first-order chi connectivity index (χ1) is 11.3. The topological polar surface area (TPSA) is 105 Å². The number of carbonyl (C=O) groups is 4. The van der Waals surface area contributed by atoms with Gasteiger partial charge in [-0.2, -0.15) is 0 Å². The van der Waals surface area contributed by atoms with E-state index in [0.717, 1.165) is 24.3 Å². The zero-order chi connectivity index (χ0) is 18.5. The molecule has 2 atom stereocenters. The normalized spacial score (nSPS) is 12.6. The Morgan fingerprint density at radius 2 is 1.08 bits per heavy atom. The first-order valence-corrected chi connectivity index (χ1v) is 6.96. The zero-order valence-corrected chi connectivity index (χ0v) is 13.6. The van der Waals surface area contributed by atoms with Crippen LogP contribution in [0.2, 0.25) is 0 Å². The molecule has 0 aliphatic rings. The molecule has 0 fully saturated rings. The number of esters is 4. The predicted octanol–water partition coefficient (Wildman–Crippen LogP) is 0.864. The largest absolute Gasteiger partial charge is 0.459 e. The molecule has 0 spiro atoms. The van der Waals surface area contributed by atoms with Crippen molar-refractivity contribution >= 4 is 23.9 Å². The second-order valence-corrected chi connectivity index (χ2v) is 4.50. The van der Waals surface area contributed by atoms with Crippen LogP contribution in [0.25, 0.3) is 0 Å². The molecule has 0 aliphatic heterocycles. The fourth-order valence-electron chi connectivity index (χ4n) is 1.20. The Balaban J connectivity index is 4.13. The van der Waals surface area contributed by atoms with E-state index in [4.69, 9.17) is 9.47 Å². The first kappa shape index (κ1) is 21.1. The molecule has 0 aromatic carbocycles. The molecule has 2 unspecified atom stereocenters. The van der Waals surface area contributed by atoms with Gasteiger partial charge in [0.2, 0.25) is 0 Å². The second kappa shape index (κ2) is 11.6. The van der Waals surface area contributed by atoms with Crippen molar-refractivity contribution in [3.8, 4) is 0 Å². The Labute approximate surface area is 139 Å². The number of carbonyl (C=O) groups excluding carboxylic acids is 4. The molecule has 0 saturated carbocycles. The molecule has 0 aliphatic carbocycles. The van der Waals surface area contributed by atoms with Crippen LogP contribution in [0.5, 0.6) is 0 Å². The minimum absolute atomic E-state index is 0.138. The van der Waals surface area contributed by atoms with Crippen molar-refractivity contribution in [1.29, 1.82) is 0 Å². The van der Waals surface area contributed by atoms with Gasteiger partial charge in [0.1, 0.15) is 25.4 Å². The molecule has 24 heavy (non-hydrogen) atoms. The summed E-state index contributed by atoms with van der Waals surface area (Å²) in [5.74, 6) is -2.88. The van der Waals surface area contributed by atoms with Gasteiger partial charge in [-0.05, 0) is 13.8 Å². The number of rotatable bonds is 10. The average Bonchev–Trinajstić information content (AvgIpc) is 2.55. The summed E-state index contributed by atoms with van der Waals surface area (Å²) >= 11 is 0. The molecular weight excluding hydrogens is 320 g/mol. The van der Waals surface area contributed by atoms with Gasteiger partial charge in [-0.25, -0.2) is 19.2 Å². The number of hydrogen-bond acceptors (Lipinski definition) is 8. The van der Waals surface area contributed by atoms with Crippen molar-refractivity contribution in [3.63, 3.8) is 0 Å². The van der Waals surface area contributed by atoms with Crippen LogP contribution in [0.3, 0.4) is 0 Å². The van der Waals surface area contributed by atoms with Gasteiger partial charge < -0.3 is 18.9 Å². The maximum Gasteiger partial charge on any atom is 0.331 e. The van der Waals surface area contributed by atoms with Gasteiger partial charge in [-0.1, -0.05) is 13.2 Å². The fourth-order valence-corrected chi connectivity index (χ4v) is 1.20. The molecule has 8 nitrogen and oxygen atoms in total. The summed E-state index contributed by atoms with van der Waals surface area (Å²) in [6.07, 6.45) is 2.32. The van der Waals surface area contributed by atoms with Crippen LogP contribution in [-0.2, 0) is 38.1 Å². The van der Waals surface area contributed by atoms with E-state index >= 15 is 0 Å². The van der Waals surface area contributed by atoms with Crippen LogP contribution in [-0.4, -0.2) is 49.3 Å². The van der Waals surface area contributed by atoms with Gasteiger partial charge in [0, 0.05) is 24.3 Å². The van der Waals surface area contributed by atoms with Crippen LogP contribution < -0.4 is 0 Å². The van der Waals surface area contributed by atoms with Crippen LogP contribution in [0.4, 0.5) is 0 Å². The quantitative estimate of drug-likeness (QED) is 0.328. The highest BCUT2D eigenvalue weighted by Gasteiger charge is 2.12. The lowest BCUT2D eigenvalue weighted by molar-refractivity contribution is -0.152. The smallest absolute Gasteiger partial charge is 0.331 e. The SMILES string of the molecule is C=CC(=O)OCC(C)OC(=O)/C=C\C(=O)OC(C)COC(=O)C=C. The Morgan fingerprint density at radius 3 is 1.38 bits per heavy atom. The summed E-state index contributed by atoms with van der Waals surface area (Å²) in [5, 5.41) is 0. The Morgan fingerprint density at radius 1 is 0.750 bits per heavy atom. The summed E-state index contributed by atoms with van der Waals surface area (Å²) in [4.78, 5) is 44.6. The average molecular weight is 340 g/mol. The van der Waals surface area contributed by atoms with Gasteiger partial charge in [-0.3, -0.25) is 0 Å². The highest BCUT2D eigenvalue weighted by atomic mass is 16.6. The predicted molar refractivity (Wildman–Crippen MR) is 82.6 cm³/mol. The molecule has 0 aromatic heterocycles. The van der Waals surface area contributed by atoms with Crippen molar-refractivity contribution in [2.24, 2.45) is 0 Å². The zero-order valence-electron chi connectivity index (χ0n) is 13.6. The third-order valence-electron chi connectivity index (χ3n) is 2.24. The maximum atomic E-state index is 11.5. The van der Waals surface area contributed by atoms with Gasteiger partial charge in [0.05, 0.1) is 0 Å². The lowest BCUT2D eigenvalue weighted by Gasteiger charge is -2.12. The van der Waals surface area contributed by atoms with E-state index in [1.807, 2.05) is 0 Å². The Hall–Kier alpha value is -2.90. The minimum Gasteiger partial charge on any atom is -0.459 e. The molecule has 0 heterocycles. The third kappa shape index (κ3) is 10.8. The Bertz CT molecular complexity index is 474. The van der Waals surface area contributed by atoms with E-state index < -0.39 is 36.1 Å². The van der Waals surface area contributed by atoms with E-state index in [1.165, 1.54) is 13.8 Å². The van der Waals surface area contributed by atoms with E-state index in [1.54, 1.807) is 0 Å². The molecule has 0 amide bonds. The second-order valence-electron chi connectivity index (χ2n) is 4.50. The van der Waals surface area contributed by atoms with Crippen molar-refractivity contribution in [2.75, 3.05) is 13.2 Å². The fraction of sp³-hybridized carbons (Fsp3) is 0.375. The van der Waals surface area contributed by atoms with Gasteiger partial charge >= 0.3 is 23.9 Å². The summed E-state index contributed by atoms with van der Waals surface area (Å²) in [6.45, 7) is 9.19. The van der Waals surface area contributed by atoms with Crippen molar-refractivity contribution in [2.45, 2.75) is 26.1 Å². The molecule has 8 heteroatoms. The first-order valence-electron chi connectivity index (χ1n) is 6.96. The molecule has 0 aromatic rings. The lowest BCUT2D eigenvalue weighted by atomic mass is 10.4. The van der Waals surface area contributed by atoms with Crippen molar-refractivity contribution in [1.82, 2.24) is 0 Å².